The van der Waals surface area contributed by atoms with Gasteiger partial charge < -0.3 is 35.1 Å². The van der Waals surface area contributed by atoms with Crippen LogP contribution in [-0.4, -0.2) is 67.4 Å². The summed E-state index contributed by atoms with van der Waals surface area (Å²) >= 11 is 0. The predicted molar refractivity (Wildman–Crippen MR) is 154 cm³/mol. The molecule has 0 unspecified atom stereocenters. The van der Waals surface area contributed by atoms with E-state index in [0.29, 0.717) is 45.4 Å². The number of benzene rings is 2. The molecule has 0 radical (unpaired) electrons. The van der Waals surface area contributed by atoms with Crippen LogP contribution in [-0.2, 0) is 32.2 Å². The maximum atomic E-state index is 12.8. The minimum atomic E-state index is -0.668. The number of carbonyl (C=O) groups is 4. The second-order valence-corrected chi connectivity index (χ2v) is 10.3. The van der Waals surface area contributed by atoms with Crippen molar-refractivity contribution < 1.29 is 33.4 Å². The van der Waals surface area contributed by atoms with Gasteiger partial charge in [-0.15, -0.1) is 0 Å². The Bertz CT molecular complexity index is 1080. The molecule has 0 aliphatic heterocycles. The van der Waals surface area contributed by atoms with E-state index in [1.165, 1.54) is 0 Å². The third kappa shape index (κ3) is 15.8. The number of carbonyl (C=O) groups excluding carboxylic acids is 4. The molecule has 0 saturated heterocycles. The van der Waals surface area contributed by atoms with Crippen LogP contribution in [0.2, 0.25) is 0 Å². The molecular formula is C30H42N4O7. The highest BCUT2D eigenvalue weighted by Gasteiger charge is 2.17. The molecule has 0 spiro atoms. The molecular weight excluding hydrogens is 528 g/mol. The molecule has 2 rings (SSSR count). The van der Waals surface area contributed by atoms with E-state index in [4.69, 9.17) is 14.2 Å². The van der Waals surface area contributed by atoms with Crippen LogP contribution in [0, 0.1) is 0 Å². The molecule has 0 aliphatic carbocycles. The molecule has 224 valence electrons. The lowest BCUT2D eigenvalue weighted by atomic mass is 10.2. The van der Waals surface area contributed by atoms with E-state index in [-0.39, 0.29) is 25.7 Å². The molecule has 0 fully saturated rings. The van der Waals surface area contributed by atoms with E-state index < -0.39 is 23.9 Å². The van der Waals surface area contributed by atoms with Crippen molar-refractivity contribution in [3.63, 3.8) is 0 Å². The van der Waals surface area contributed by atoms with Crippen LogP contribution in [0.4, 0.5) is 14.4 Å². The van der Waals surface area contributed by atoms with Gasteiger partial charge in [-0.3, -0.25) is 4.79 Å². The molecule has 41 heavy (non-hydrogen) atoms. The van der Waals surface area contributed by atoms with Gasteiger partial charge in [-0.25, -0.2) is 14.4 Å². The van der Waals surface area contributed by atoms with E-state index in [9.17, 15) is 19.2 Å². The number of hydrogen-bond acceptors (Lipinski definition) is 7. The first kappa shape index (κ1) is 32.9. The smallest absolute Gasteiger partial charge is 0.410 e. The largest absolute Gasteiger partial charge is 0.445 e. The molecule has 0 heterocycles. The quantitative estimate of drug-likeness (QED) is 0.214. The van der Waals surface area contributed by atoms with Gasteiger partial charge in [0.25, 0.3) is 0 Å². The Labute approximate surface area is 241 Å². The van der Waals surface area contributed by atoms with Gasteiger partial charge in [0.1, 0.15) is 18.8 Å². The Morgan fingerprint density at radius 3 is 1.85 bits per heavy atom. The van der Waals surface area contributed by atoms with E-state index >= 15 is 0 Å². The molecule has 11 heteroatoms. The lowest BCUT2D eigenvalue weighted by molar-refractivity contribution is -0.120. The fourth-order valence-electron chi connectivity index (χ4n) is 3.52. The predicted octanol–water partition coefficient (Wildman–Crippen LogP) is 4.36. The summed E-state index contributed by atoms with van der Waals surface area (Å²) in [5, 5.41) is 7.84. The van der Waals surface area contributed by atoms with Gasteiger partial charge in [0.2, 0.25) is 5.91 Å². The number of amides is 4. The normalized spacial score (nSPS) is 10.7. The van der Waals surface area contributed by atoms with Crippen molar-refractivity contribution >= 4 is 24.2 Å². The molecule has 0 saturated carbocycles. The van der Waals surface area contributed by atoms with Crippen LogP contribution in [0.5, 0.6) is 0 Å². The Balaban J connectivity index is 1.71. The van der Waals surface area contributed by atoms with Gasteiger partial charge in [-0.1, -0.05) is 60.7 Å². The summed E-state index contributed by atoms with van der Waals surface area (Å²) in [4.78, 5) is 50.1. The molecule has 4 amide bonds. The van der Waals surface area contributed by atoms with Gasteiger partial charge in [-0.2, -0.15) is 0 Å². The number of hydrogen-bond donors (Lipinski definition) is 3. The molecule has 0 aromatic heterocycles. The minimum Gasteiger partial charge on any atom is -0.445 e. The molecule has 0 bridgehead atoms. The van der Waals surface area contributed by atoms with Gasteiger partial charge in [-0.05, 0) is 51.2 Å². The third-order valence-corrected chi connectivity index (χ3v) is 5.52. The lowest BCUT2D eigenvalue weighted by Gasteiger charge is -2.22. The molecule has 2 aromatic carbocycles. The van der Waals surface area contributed by atoms with Crippen molar-refractivity contribution in [3.8, 4) is 0 Å². The summed E-state index contributed by atoms with van der Waals surface area (Å²) in [5.41, 5.74) is 1.13. The number of rotatable bonds is 15. The van der Waals surface area contributed by atoms with E-state index in [0.717, 1.165) is 11.1 Å². The molecule has 3 N–H and O–H groups in total. The number of nitrogens with zero attached hydrogens (tertiary/aromatic N) is 1. The fraction of sp³-hybridized carbons (Fsp3) is 0.467. The van der Waals surface area contributed by atoms with Gasteiger partial charge in [0, 0.05) is 26.2 Å². The molecule has 11 nitrogen and oxygen atoms in total. The average Bonchev–Trinajstić information content (AvgIpc) is 2.94. The summed E-state index contributed by atoms with van der Waals surface area (Å²) in [6.07, 6.45) is 0.135. The van der Waals surface area contributed by atoms with Crippen LogP contribution in [0.25, 0.3) is 0 Å². The van der Waals surface area contributed by atoms with Gasteiger partial charge in [0.05, 0.1) is 6.54 Å². The first-order chi connectivity index (χ1) is 19.6. The minimum absolute atomic E-state index is 0.151. The summed E-state index contributed by atoms with van der Waals surface area (Å²) in [7, 11) is 0. The molecule has 2 aromatic rings. The number of unbranched alkanes of at least 4 members (excludes halogenated alkanes) is 1. The van der Waals surface area contributed by atoms with Crippen molar-refractivity contribution in [1.82, 2.24) is 20.9 Å². The van der Waals surface area contributed by atoms with Crippen LogP contribution >= 0.6 is 0 Å². The van der Waals surface area contributed by atoms with Crippen molar-refractivity contribution in [2.24, 2.45) is 0 Å². The highest BCUT2D eigenvalue weighted by atomic mass is 16.6. The van der Waals surface area contributed by atoms with Crippen LogP contribution in [0.1, 0.15) is 51.2 Å². The molecule has 0 aliphatic rings. The zero-order valence-electron chi connectivity index (χ0n) is 24.1. The highest BCUT2D eigenvalue weighted by molar-refractivity contribution is 5.82. The zero-order valence-corrected chi connectivity index (χ0v) is 24.1. The Morgan fingerprint density at radius 1 is 0.683 bits per heavy atom. The number of alkyl carbamates (subject to hydrolysis) is 2. The Hall–Kier alpha value is -4.28. The second-order valence-electron chi connectivity index (χ2n) is 10.3. The third-order valence-electron chi connectivity index (χ3n) is 5.52. The summed E-state index contributed by atoms with van der Waals surface area (Å²) in [6.45, 7) is 6.84. The number of ether oxygens (including phenoxy) is 3. The van der Waals surface area contributed by atoms with Crippen molar-refractivity contribution in [3.05, 3.63) is 71.8 Å². The van der Waals surface area contributed by atoms with E-state index in [1.807, 2.05) is 60.7 Å². The standard InChI is InChI=1S/C30H42N4O7/c1-30(2,3)41-28(37)33-21-26(35)31-18-12-20-34(29(38)40-23-25-15-8-5-9-16-25)19-11-10-17-32-27(36)39-22-24-13-6-4-7-14-24/h4-9,13-16H,10-12,17-23H2,1-3H3,(H,31,35)(H,32,36)(H,33,37). The lowest BCUT2D eigenvalue weighted by Crippen LogP contribution is -2.40. The maximum Gasteiger partial charge on any atom is 0.410 e. The molecule has 0 atom stereocenters. The first-order valence-corrected chi connectivity index (χ1v) is 13.8. The number of nitrogens with one attached hydrogen (secondary N) is 3. The second kappa shape index (κ2) is 18.1. The topological polar surface area (TPSA) is 135 Å². The Morgan fingerprint density at radius 2 is 1.24 bits per heavy atom. The summed E-state index contributed by atoms with van der Waals surface area (Å²) in [5.74, 6) is -0.362. The van der Waals surface area contributed by atoms with Crippen molar-refractivity contribution in [2.75, 3.05) is 32.7 Å². The fourth-order valence-corrected chi connectivity index (χ4v) is 3.52. The average molecular weight is 571 g/mol. The van der Waals surface area contributed by atoms with E-state index in [2.05, 4.69) is 16.0 Å². The van der Waals surface area contributed by atoms with Crippen LogP contribution in [0.3, 0.4) is 0 Å². The Kier molecular flexibility index (Phi) is 14.6. The first-order valence-electron chi connectivity index (χ1n) is 13.8. The van der Waals surface area contributed by atoms with E-state index in [1.54, 1.807) is 25.7 Å². The maximum absolute atomic E-state index is 12.8. The van der Waals surface area contributed by atoms with Gasteiger partial charge >= 0.3 is 18.3 Å². The summed E-state index contributed by atoms with van der Waals surface area (Å²) < 4.78 is 15.8. The zero-order chi connectivity index (χ0) is 29.9. The summed E-state index contributed by atoms with van der Waals surface area (Å²) in [6, 6.07) is 18.8. The van der Waals surface area contributed by atoms with Crippen molar-refractivity contribution in [1.29, 1.82) is 0 Å². The highest BCUT2D eigenvalue weighted by Crippen LogP contribution is 2.07. The van der Waals surface area contributed by atoms with Crippen LogP contribution < -0.4 is 16.0 Å². The SMILES string of the molecule is CC(C)(C)OC(=O)NCC(=O)NCCCN(CCCCNC(=O)OCc1ccccc1)C(=O)OCc1ccccc1. The van der Waals surface area contributed by atoms with Gasteiger partial charge in [0.15, 0.2) is 0 Å². The monoisotopic (exact) mass is 570 g/mol. The van der Waals surface area contributed by atoms with Crippen LogP contribution in [0.15, 0.2) is 60.7 Å². The van der Waals surface area contributed by atoms with Crippen molar-refractivity contribution in [2.45, 2.75) is 58.8 Å².